The molecular formula is C3H6O3. The molecule has 3 nitrogen and oxygen atoms in total. The molecule has 36 valence electrons. The maximum absolute atomic E-state index is 6.84. The summed E-state index contributed by atoms with van der Waals surface area (Å²) in [5, 5.41) is 3.99. The SMILES string of the molecule is [2H]C1CCOOO1. The van der Waals surface area contributed by atoms with Gasteiger partial charge in [0, 0.05) is 6.42 Å². The monoisotopic (exact) mass is 91.0 g/mol. The molecule has 0 radical (unpaired) electrons. The minimum Gasteiger partial charge on any atom is -0.206 e. The highest BCUT2D eigenvalue weighted by molar-refractivity contribution is 4.28. The van der Waals surface area contributed by atoms with Crippen molar-refractivity contribution in [3.8, 4) is 0 Å². The second kappa shape index (κ2) is 2.12. The van der Waals surface area contributed by atoms with Crippen LogP contribution in [0, 0.1) is 0 Å². The van der Waals surface area contributed by atoms with Gasteiger partial charge in [-0.25, -0.2) is 9.78 Å². The molecule has 1 aliphatic rings. The van der Waals surface area contributed by atoms with Crippen molar-refractivity contribution in [1.82, 2.24) is 0 Å². The highest BCUT2D eigenvalue weighted by Gasteiger charge is 1.96. The maximum atomic E-state index is 6.84. The molecule has 1 heterocycles. The number of rotatable bonds is 0. The molecule has 0 aromatic rings. The molecule has 0 aliphatic carbocycles. The maximum Gasteiger partial charge on any atom is 0.0877 e. The molecule has 0 N–H and O–H groups in total. The average molecular weight is 91.1 g/mol. The second-order valence-electron chi connectivity index (χ2n) is 0.942. The van der Waals surface area contributed by atoms with E-state index in [0.29, 0.717) is 13.0 Å². The van der Waals surface area contributed by atoms with E-state index >= 15 is 0 Å². The van der Waals surface area contributed by atoms with Gasteiger partial charge in [-0.3, -0.25) is 0 Å². The van der Waals surface area contributed by atoms with E-state index in [9.17, 15) is 0 Å². The molecule has 1 atom stereocenters. The molecule has 0 aromatic heterocycles. The van der Waals surface area contributed by atoms with E-state index in [1.807, 2.05) is 0 Å². The molecule has 0 aromatic carbocycles. The van der Waals surface area contributed by atoms with Crippen LogP contribution < -0.4 is 0 Å². The van der Waals surface area contributed by atoms with Crippen LogP contribution in [0.4, 0.5) is 0 Å². The Bertz CT molecular complexity index is 52.1. The molecule has 0 spiro atoms. The first-order valence-electron chi connectivity index (χ1n) is 2.34. The Kier molecular flexibility index (Phi) is 1.05. The van der Waals surface area contributed by atoms with Crippen LogP contribution in [-0.2, 0) is 14.8 Å². The van der Waals surface area contributed by atoms with Crippen molar-refractivity contribution in [2.75, 3.05) is 13.2 Å². The largest absolute Gasteiger partial charge is 0.206 e. The zero-order chi connectivity index (χ0) is 5.11. The van der Waals surface area contributed by atoms with Gasteiger partial charge in [0.15, 0.2) is 0 Å². The van der Waals surface area contributed by atoms with Gasteiger partial charge >= 0.3 is 0 Å². The molecular weight excluding hydrogens is 84.0 g/mol. The summed E-state index contributed by atoms with van der Waals surface area (Å²) < 4.78 is 6.84. The van der Waals surface area contributed by atoms with E-state index in [-0.39, 0.29) is 0 Å². The third-order valence-corrected chi connectivity index (χ3v) is 0.474. The lowest BCUT2D eigenvalue weighted by Crippen LogP contribution is -2.08. The molecule has 1 rings (SSSR count). The smallest absolute Gasteiger partial charge is 0.0877 e. The van der Waals surface area contributed by atoms with E-state index in [2.05, 4.69) is 14.8 Å². The number of hydrogen-bond acceptors (Lipinski definition) is 3. The summed E-state index contributed by atoms with van der Waals surface area (Å²) in [5.74, 6) is 0. The van der Waals surface area contributed by atoms with Crippen LogP contribution in [0.25, 0.3) is 0 Å². The zero-order valence-corrected chi connectivity index (χ0v) is 3.22. The van der Waals surface area contributed by atoms with E-state index < -0.39 is 6.58 Å². The van der Waals surface area contributed by atoms with Gasteiger partial charge in [0.05, 0.1) is 14.6 Å². The predicted molar refractivity (Wildman–Crippen MR) is 17.6 cm³/mol. The summed E-state index contributed by atoms with van der Waals surface area (Å²) in [7, 11) is 0. The molecule has 6 heavy (non-hydrogen) atoms. The first kappa shape index (κ1) is 2.96. The Morgan fingerprint density at radius 3 is 2.83 bits per heavy atom. The second-order valence-corrected chi connectivity index (χ2v) is 0.942. The predicted octanol–water partition coefficient (Wildman–Crippen LogP) is 0.270. The van der Waals surface area contributed by atoms with Gasteiger partial charge in [0.2, 0.25) is 0 Å². The number of hydrogen-bond donors (Lipinski definition) is 0. The van der Waals surface area contributed by atoms with Crippen LogP contribution in [0.3, 0.4) is 0 Å². The van der Waals surface area contributed by atoms with Crippen molar-refractivity contribution in [2.24, 2.45) is 0 Å². The molecule has 0 amide bonds. The van der Waals surface area contributed by atoms with Crippen molar-refractivity contribution < 1.29 is 16.2 Å². The van der Waals surface area contributed by atoms with Crippen LogP contribution in [0.15, 0.2) is 0 Å². The summed E-state index contributed by atoms with van der Waals surface area (Å²) in [6.45, 7) is -0.109. The van der Waals surface area contributed by atoms with E-state index in [4.69, 9.17) is 1.37 Å². The third-order valence-electron chi connectivity index (χ3n) is 0.474. The van der Waals surface area contributed by atoms with Gasteiger partial charge in [0.25, 0.3) is 0 Å². The van der Waals surface area contributed by atoms with Gasteiger partial charge in [-0.15, -0.1) is 0 Å². The van der Waals surface area contributed by atoms with Crippen LogP contribution >= 0.6 is 0 Å². The van der Waals surface area contributed by atoms with Crippen LogP contribution in [0.5, 0.6) is 0 Å². The van der Waals surface area contributed by atoms with Crippen molar-refractivity contribution in [1.29, 1.82) is 0 Å². The molecule has 0 saturated carbocycles. The fourth-order valence-electron chi connectivity index (χ4n) is 0.234. The average Bonchev–Trinajstić information content (AvgIpc) is 1.69. The standard InChI is InChI=1S/C3H6O3/c1-2-4-6-5-3-1/h1-3H2/i2D. The first-order chi connectivity index (χ1) is 3.39. The topological polar surface area (TPSA) is 27.7 Å². The van der Waals surface area contributed by atoms with Gasteiger partial charge in [-0.2, -0.15) is 0 Å². The summed E-state index contributed by atoms with van der Waals surface area (Å²) >= 11 is 0. The Morgan fingerprint density at radius 1 is 1.50 bits per heavy atom. The van der Waals surface area contributed by atoms with Crippen LogP contribution in [-0.4, -0.2) is 13.2 Å². The third kappa shape index (κ3) is 0.931. The minimum absolute atomic E-state index is 0.453. The lowest BCUT2D eigenvalue weighted by molar-refractivity contribution is -0.532. The van der Waals surface area contributed by atoms with Crippen molar-refractivity contribution in [2.45, 2.75) is 6.42 Å². The molecule has 1 saturated heterocycles. The molecule has 3 heteroatoms. The van der Waals surface area contributed by atoms with Crippen molar-refractivity contribution in [3.05, 3.63) is 0 Å². The first-order valence-corrected chi connectivity index (χ1v) is 1.77. The normalized spacial score (nSPS) is 38.7. The van der Waals surface area contributed by atoms with Crippen LogP contribution in [0.2, 0.25) is 0 Å². The lowest BCUT2D eigenvalue weighted by atomic mass is 10.5. The Morgan fingerprint density at radius 2 is 2.50 bits per heavy atom. The summed E-state index contributed by atoms with van der Waals surface area (Å²) in [4.78, 5) is 8.52. The minimum atomic E-state index is -0.561. The highest BCUT2D eigenvalue weighted by Crippen LogP contribution is 1.93. The van der Waals surface area contributed by atoms with Crippen molar-refractivity contribution in [3.63, 3.8) is 0 Å². The Balaban J connectivity index is 2.12. The summed E-state index contributed by atoms with van der Waals surface area (Å²) in [6, 6.07) is 0. The van der Waals surface area contributed by atoms with E-state index in [1.54, 1.807) is 0 Å². The molecule has 1 unspecified atom stereocenters. The van der Waals surface area contributed by atoms with Gasteiger partial charge in [-0.1, -0.05) is 5.04 Å². The quantitative estimate of drug-likeness (QED) is 0.400. The highest BCUT2D eigenvalue weighted by atomic mass is 17.5. The fraction of sp³-hybridized carbons (Fsp3) is 1.00. The molecule has 1 fully saturated rings. The van der Waals surface area contributed by atoms with Gasteiger partial charge in [0.1, 0.15) is 0 Å². The Hall–Kier alpha value is -0.120. The van der Waals surface area contributed by atoms with Crippen molar-refractivity contribution >= 4 is 0 Å². The van der Waals surface area contributed by atoms with E-state index in [1.165, 1.54) is 0 Å². The Labute approximate surface area is 37.1 Å². The summed E-state index contributed by atoms with van der Waals surface area (Å²) in [6.07, 6.45) is 0.583. The molecule has 1 aliphatic heterocycles. The summed E-state index contributed by atoms with van der Waals surface area (Å²) in [5.41, 5.74) is 0. The van der Waals surface area contributed by atoms with Gasteiger partial charge in [-0.05, 0) is 0 Å². The van der Waals surface area contributed by atoms with Crippen LogP contribution in [0.1, 0.15) is 7.79 Å². The fourth-order valence-corrected chi connectivity index (χ4v) is 0.234. The zero-order valence-electron chi connectivity index (χ0n) is 4.22. The lowest BCUT2D eigenvalue weighted by Gasteiger charge is -2.06. The van der Waals surface area contributed by atoms with Gasteiger partial charge < -0.3 is 0 Å². The molecule has 0 bridgehead atoms. The van der Waals surface area contributed by atoms with E-state index in [0.717, 1.165) is 0 Å².